The van der Waals surface area contributed by atoms with E-state index in [-0.39, 0.29) is 11.9 Å². The molecule has 178 valence electrons. The summed E-state index contributed by atoms with van der Waals surface area (Å²) in [5, 5.41) is 29.5. The number of nitrogens with one attached hydrogen (secondary N) is 2. The fourth-order valence-corrected chi connectivity index (χ4v) is 4.50. The zero-order valence-electron chi connectivity index (χ0n) is 19.6. The van der Waals surface area contributed by atoms with E-state index < -0.39 is 6.10 Å². The van der Waals surface area contributed by atoms with Crippen molar-refractivity contribution in [1.82, 2.24) is 25.0 Å². The van der Waals surface area contributed by atoms with Crippen molar-refractivity contribution in [2.75, 3.05) is 18.0 Å². The Hall–Kier alpha value is -4.23. The van der Waals surface area contributed by atoms with Crippen molar-refractivity contribution < 1.29 is 14.6 Å². The van der Waals surface area contributed by atoms with E-state index in [2.05, 4.69) is 32.5 Å². The number of carbonyl (C=O) groups excluding carboxylic acids is 1. The number of aliphatic hydroxyl groups is 1. The van der Waals surface area contributed by atoms with E-state index in [9.17, 15) is 15.2 Å². The van der Waals surface area contributed by atoms with Crippen LogP contribution in [0.1, 0.15) is 25.3 Å². The normalized spacial score (nSPS) is 15.2. The van der Waals surface area contributed by atoms with Crippen LogP contribution in [0.5, 0.6) is 0 Å². The van der Waals surface area contributed by atoms with Crippen LogP contribution in [0.2, 0.25) is 0 Å². The van der Waals surface area contributed by atoms with Gasteiger partial charge in [-0.05, 0) is 38.0 Å². The van der Waals surface area contributed by atoms with E-state index >= 15 is 0 Å². The quantitative estimate of drug-likeness (QED) is 0.379. The highest BCUT2D eigenvalue weighted by molar-refractivity contribution is 5.87. The topological polar surface area (TPSA) is 126 Å². The molecule has 0 aromatic carbocycles. The maximum absolute atomic E-state index is 11.8. The summed E-state index contributed by atoms with van der Waals surface area (Å²) in [5.74, 6) is 0.539. The number of aromatic nitrogens is 5. The number of carbonyl (C=O) groups is 1. The number of H-pyrrole nitrogens is 1. The van der Waals surface area contributed by atoms with Gasteiger partial charge in [0.15, 0.2) is 7.05 Å². The molecule has 1 fully saturated rings. The Labute approximate surface area is 202 Å². The second-order valence-electron chi connectivity index (χ2n) is 8.93. The third-order valence-corrected chi connectivity index (χ3v) is 6.43. The van der Waals surface area contributed by atoms with E-state index in [1.807, 2.05) is 48.6 Å². The first-order chi connectivity index (χ1) is 16.9. The Morgan fingerprint density at radius 3 is 2.71 bits per heavy atom. The predicted molar refractivity (Wildman–Crippen MR) is 129 cm³/mol. The molecule has 4 aromatic heterocycles. The molecule has 10 nitrogen and oxygen atoms in total. The molecule has 5 rings (SSSR count). The molecule has 1 amide bonds. The first-order valence-electron chi connectivity index (χ1n) is 11.6. The van der Waals surface area contributed by atoms with Crippen molar-refractivity contribution in [2.24, 2.45) is 7.05 Å². The van der Waals surface area contributed by atoms with Crippen molar-refractivity contribution in [3.63, 3.8) is 0 Å². The molecular weight excluding hydrogens is 444 g/mol. The molecule has 1 aliphatic rings. The van der Waals surface area contributed by atoms with Crippen LogP contribution in [-0.2, 0) is 11.8 Å². The van der Waals surface area contributed by atoms with Gasteiger partial charge in [-0.15, -0.1) is 4.68 Å². The van der Waals surface area contributed by atoms with E-state index in [0.717, 1.165) is 59.5 Å². The average Bonchev–Trinajstić information content (AvgIpc) is 3.50. The number of nitrogens with zero attached hydrogens (tertiary/aromatic N) is 6. The molecular formula is C25H27N8O2+. The number of aliphatic hydroxyl groups excluding tert-OH is 1. The van der Waals surface area contributed by atoms with Crippen LogP contribution in [0.3, 0.4) is 0 Å². The van der Waals surface area contributed by atoms with Crippen LogP contribution in [0.4, 0.5) is 5.82 Å². The predicted octanol–water partition coefficient (Wildman–Crippen LogP) is 1.55. The summed E-state index contributed by atoms with van der Waals surface area (Å²) in [6.07, 6.45) is 9.85. The second kappa shape index (κ2) is 9.19. The number of hydrogen-bond acceptors (Lipinski definition) is 6. The summed E-state index contributed by atoms with van der Waals surface area (Å²) in [6.45, 7) is 3.01. The van der Waals surface area contributed by atoms with Crippen LogP contribution in [0.25, 0.3) is 27.8 Å². The molecule has 10 heteroatoms. The molecule has 0 aliphatic carbocycles. The summed E-state index contributed by atoms with van der Waals surface area (Å²) in [4.78, 5) is 18.7. The molecule has 0 unspecified atom stereocenters. The number of aromatic amines is 1. The number of fused-ring (bicyclic) bond motifs is 1. The fourth-order valence-electron chi connectivity index (χ4n) is 4.50. The number of piperidine rings is 1. The smallest absolute Gasteiger partial charge is 0.248 e. The Morgan fingerprint density at radius 1 is 1.29 bits per heavy atom. The molecule has 5 heterocycles. The van der Waals surface area contributed by atoms with Gasteiger partial charge in [0.05, 0.1) is 29.0 Å². The minimum absolute atomic E-state index is 0.0603. The molecule has 0 saturated carbocycles. The second-order valence-corrected chi connectivity index (χ2v) is 8.93. The number of amides is 1. The van der Waals surface area contributed by atoms with Crippen molar-refractivity contribution in [3.8, 4) is 28.3 Å². The summed E-state index contributed by atoms with van der Waals surface area (Å²) in [6, 6.07) is 8.38. The van der Waals surface area contributed by atoms with Crippen LogP contribution in [0, 0.1) is 11.3 Å². The van der Waals surface area contributed by atoms with Crippen molar-refractivity contribution in [3.05, 3.63) is 54.7 Å². The molecule has 1 atom stereocenters. The standard InChI is InChI=1S/C25H26N8O2/c1-16(34)25(35)30-21-5-7-32(8-6-21)23-4-3-17(11-27-23)22-9-18(20-13-28-31(2)14-20)15-33-24(22)19(10-26)12-29-33/h3-4,9,11-16,21,34H,5-8H2,1-2H3,(H,30,35)/p+1/t16-/m1/s1. The highest BCUT2D eigenvalue weighted by atomic mass is 16.3. The van der Waals surface area contributed by atoms with Gasteiger partial charge in [-0.2, -0.15) is 15.5 Å². The first kappa shape index (κ1) is 22.6. The zero-order valence-corrected chi connectivity index (χ0v) is 19.6. The van der Waals surface area contributed by atoms with E-state index in [0.29, 0.717) is 5.56 Å². The van der Waals surface area contributed by atoms with Gasteiger partial charge >= 0.3 is 0 Å². The van der Waals surface area contributed by atoms with Gasteiger partial charge in [-0.1, -0.05) is 0 Å². The Morgan fingerprint density at radius 2 is 2.09 bits per heavy atom. The number of rotatable bonds is 5. The van der Waals surface area contributed by atoms with Gasteiger partial charge in [-0.25, -0.2) is 9.50 Å². The number of nitriles is 1. The minimum atomic E-state index is -0.996. The highest BCUT2D eigenvalue weighted by Crippen LogP contribution is 2.32. The van der Waals surface area contributed by atoms with Gasteiger partial charge in [0.2, 0.25) is 12.1 Å². The summed E-state index contributed by atoms with van der Waals surface area (Å²) in [7, 11) is 1.93. The summed E-state index contributed by atoms with van der Waals surface area (Å²) < 4.78 is 3.62. The highest BCUT2D eigenvalue weighted by Gasteiger charge is 2.23. The lowest BCUT2D eigenvalue weighted by atomic mass is 10.0. The van der Waals surface area contributed by atoms with Crippen LogP contribution in [0.15, 0.2) is 49.2 Å². The van der Waals surface area contributed by atoms with Crippen LogP contribution in [-0.4, -0.2) is 55.9 Å². The molecule has 0 bridgehead atoms. The molecule has 0 radical (unpaired) electrons. The third kappa shape index (κ3) is 4.46. The lowest BCUT2D eigenvalue weighted by molar-refractivity contribution is -0.726. The third-order valence-electron chi connectivity index (χ3n) is 6.43. The van der Waals surface area contributed by atoms with Gasteiger partial charge in [-0.3, -0.25) is 4.79 Å². The van der Waals surface area contributed by atoms with E-state index in [4.69, 9.17) is 4.98 Å². The van der Waals surface area contributed by atoms with Gasteiger partial charge in [0, 0.05) is 48.2 Å². The summed E-state index contributed by atoms with van der Waals surface area (Å²) >= 11 is 0. The molecule has 1 aliphatic heterocycles. The maximum atomic E-state index is 11.8. The maximum Gasteiger partial charge on any atom is 0.248 e. The van der Waals surface area contributed by atoms with E-state index in [1.54, 1.807) is 10.7 Å². The number of pyridine rings is 2. The SMILES string of the molecule is C[C@@H](O)C(=O)NC1CCN(c2ccc(-c3cc(-c4c[nH][n+](C)c4)cn4ncc(C#N)c34)cn2)CC1. The largest absolute Gasteiger partial charge is 0.384 e. The monoisotopic (exact) mass is 471 g/mol. The Kier molecular flexibility index (Phi) is 5.93. The molecule has 0 spiro atoms. The van der Waals surface area contributed by atoms with Gasteiger partial charge in [0.1, 0.15) is 18.0 Å². The minimum Gasteiger partial charge on any atom is -0.384 e. The Balaban J connectivity index is 1.41. The number of aryl methyl sites for hydroxylation is 1. The van der Waals surface area contributed by atoms with Crippen LogP contribution >= 0.6 is 0 Å². The van der Waals surface area contributed by atoms with E-state index in [1.165, 1.54) is 6.92 Å². The molecule has 1 saturated heterocycles. The lowest BCUT2D eigenvalue weighted by Crippen LogP contribution is -2.47. The van der Waals surface area contributed by atoms with Crippen molar-refractivity contribution in [1.29, 1.82) is 5.26 Å². The number of hydrogen-bond donors (Lipinski definition) is 3. The fraction of sp³-hybridized carbons (Fsp3) is 0.320. The summed E-state index contributed by atoms with van der Waals surface area (Å²) in [5.41, 5.74) is 5.04. The van der Waals surface area contributed by atoms with Crippen LogP contribution < -0.4 is 14.9 Å². The van der Waals surface area contributed by atoms with Gasteiger partial charge < -0.3 is 15.3 Å². The van der Waals surface area contributed by atoms with Gasteiger partial charge in [0.25, 0.3) is 0 Å². The average molecular weight is 472 g/mol. The molecule has 4 aromatic rings. The zero-order chi connectivity index (χ0) is 24.5. The number of anilines is 1. The van der Waals surface area contributed by atoms with Crippen molar-refractivity contribution in [2.45, 2.75) is 31.9 Å². The Bertz CT molecular complexity index is 1410. The molecule has 3 N–H and O–H groups in total. The molecule has 35 heavy (non-hydrogen) atoms. The first-order valence-corrected chi connectivity index (χ1v) is 11.6. The lowest BCUT2D eigenvalue weighted by Gasteiger charge is -2.33. The van der Waals surface area contributed by atoms with Crippen molar-refractivity contribution >= 4 is 17.2 Å².